The summed E-state index contributed by atoms with van der Waals surface area (Å²) in [6.45, 7) is 8.11. The van der Waals surface area contributed by atoms with E-state index in [-0.39, 0.29) is 0 Å². The van der Waals surface area contributed by atoms with E-state index in [0.717, 1.165) is 70.4 Å². The van der Waals surface area contributed by atoms with Gasteiger partial charge in [-0.15, -0.1) is 0 Å². The van der Waals surface area contributed by atoms with Gasteiger partial charge in [-0.05, 0) is 31.2 Å². The number of likely N-dealkylation sites (tertiary alicyclic amines) is 1. The van der Waals surface area contributed by atoms with E-state index in [0.29, 0.717) is 6.61 Å². The van der Waals surface area contributed by atoms with Crippen molar-refractivity contribution in [2.24, 2.45) is 7.05 Å². The fourth-order valence-corrected chi connectivity index (χ4v) is 4.26. The third kappa shape index (κ3) is 5.36. The summed E-state index contributed by atoms with van der Waals surface area (Å²) in [7, 11) is 4.13. The van der Waals surface area contributed by atoms with E-state index in [1.807, 2.05) is 29.9 Å². The van der Waals surface area contributed by atoms with Crippen molar-refractivity contribution in [2.75, 3.05) is 52.9 Å². The van der Waals surface area contributed by atoms with Gasteiger partial charge < -0.3 is 19.3 Å². The first-order valence-electron chi connectivity index (χ1n) is 10.5. The Bertz CT molecular complexity index is 785. The van der Waals surface area contributed by atoms with E-state index in [2.05, 4.69) is 38.9 Å². The van der Waals surface area contributed by atoms with E-state index < -0.39 is 5.60 Å². The van der Waals surface area contributed by atoms with E-state index in [1.165, 1.54) is 5.56 Å². The molecule has 2 saturated heterocycles. The van der Waals surface area contributed by atoms with Crippen LogP contribution in [0.5, 0.6) is 5.75 Å². The van der Waals surface area contributed by atoms with Gasteiger partial charge in [0.05, 0.1) is 5.60 Å². The zero-order chi connectivity index (χ0) is 20.3. The summed E-state index contributed by atoms with van der Waals surface area (Å²) in [5.74, 6) is 1.76. The number of aromatic nitrogens is 2. The Morgan fingerprint density at radius 3 is 2.48 bits per heavy atom. The van der Waals surface area contributed by atoms with E-state index in [9.17, 15) is 5.11 Å². The van der Waals surface area contributed by atoms with Crippen LogP contribution in [0.2, 0.25) is 0 Å². The largest absolute Gasteiger partial charge is 0.486 e. The van der Waals surface area contributed by atoms with Crippen molar-refractivity contribution in [3.05, 3.63) is 48.0 Å². The van der Waals surface area contributed by atoms with Gasteiger partial charge in [0.25, 0.3) is 0 Å². The Morgan fingerprint density at radius 1 is 1.03 bits per heavy atom. The van der Waals surface area contributed by atoms with Gasteiger partial charge in [-0.1, -0.05) is 12.1 Å². The summed E-state index contributed by atoms with van der Waals surface area (Å²) in [4.78, 5) is 11.4. The maximum Gasteiger partial charge on any atom is 0.146 e. The Morgan fingerprint density at radius 2 is 1.79 bits per heavy atom. The van der Waals surface area contributed by atoms with Crippen LogP contribution in [0, 0.1) is 0 Å². The molecule has 1 atom stereocenters. The lowest BCUT2D eigenvalue weighted by molar-refractivity contribution is -0.000370. The molecule has 2 aromatic rings. The van der Waals surface area contributed by atoms with Crippen molar-refractivity contribution < 1.29 is 9.84 Å². The molecular formula is C22H33N5O2. The van der Waals surface area contributed by atoms with Gasteiger partial charge in [0.2, 0.25) is 0 Å². The molecule has 1 aromatic carbocycles. The maximum atomic E-state index is 11.1. The highest BCUT2D eigenvalue weighted by atomic mass is 16.5. The summed E-state index contributed by atoms with van der Waals surface area (Å²) in [5.41, 5.74) is 0.666. The number of β-amino-alcohol motifs (C(OH)–C–C–N with tert-alkyl or cyclic N) is 1. The van der Waals surface area contributed by atoms with Gasteiger partial charge in [-0.25, -0.2) is 4.98 Å². The van der Waals surface area contributed by atoms with Crippen LogP contribution in [-0.4, -0.2) is 87.8 Å². The van der Waals surface area contributed by atoms with Crippen LogP contribution in [0.1, 0.15) is 17.8 Å². The molecule has 0 amide bonds. The standard InChI is InChI=1S/C22H33N5O2/c1-24-11-13-26(14-12-24)17-22(28)7-9-27(18-22)15-19-3-5-20(6-4-19)29-16-21-23-8-10-25(21)2/h3-6,8,10,28H,7,9,11-18H2,1-2H3. The minimum Gasteiger partial charge on any atom is -0.486 e. The average Bonchev–Trinajstić information content (AvgIpc) is 3.28. The molecule has 158 valence electrons. The maximum absolute atomic E-state index is 11.1. The predicted molar refractivity (Wildman–Crippen MR) is 113 cm³/mol. The molecule has 0 saturated carbocycles. The second-order valence-electron chi connectivity index (χ2n) is 8.65. The van der Waals surface area contributed by atoms with Gasteiger partial charge in [-0.3, -0.25) is 9.80 Å². The molecule has 1 aromatic heterocycles. The van der Waals surface area contributed by atoms with Crippen molar-refractivity contribution in [3.8, 4) is 5.75 Å². The van der Waals surface area contributed by atoms with Crippen LogP contribution < -0.4 is 4.74 Å². The molecule has 2 aliphatic heterocycles. The first-order valence-corrected chi connectivity index (χ1v) is 10.5. The smallest absolute Gasteiger partial charge is 0.146 e. The van der Waals surface area contributed by atoms with Gasteiger partial charge >= 0.3 is 0 Å². The van der Waals surface area contributed by atoms with Crippen molar-refractivity contribution in [1.29, 1.82) is 0 Å². The molecule has 2 aliphatic rings. The summed E-state index contributed by atoms with van der Waals surface area (Å²) < 4.78 is 7.80. The number of imidazole rings is 1. The number of aliphatic hydroxyl groups is 1. The monoisotopic (exact) mass is 399 g/mol. The number of aryl methyl sites for hydroxylation is 1. The molecule has 1 unspecified atom stereocenters. The number of rotatable bonds is 7. The number of benzene rings is 1. The fraction of sp³-hybridized carbons (Fsp3) is 0.591. The second-order valence-corrected chi connectivity index (χ2v) is 8.65. The molecule has 7 heteroatoms. The molecule has 7 nitrogen and oxygen atoms in total. The van der Waals surface area contributed by atoms with Crippen LogP contribution in [0.4, 0.5) is 0 Å². The van der Waals surface area contributed by atoms with E-state index in [1.54, 1.807) is 6.20 Å². The van der Waals surface area contributed by atoms with Crippen molar-refractivity contribution in [2.45, 2.75) is 25.2 Å². The number of nitrogens with zero attached hydrogens (tertiary/aromatic N) is 5. The number of ether oxygens (including phenoxy) is 1. The number of piperazine rings is 1. The first-order chi connectivity index (χ1) is 14.0. The lowest BCUT2D eigenvalue weighted by Crippen LogP contribution is -2.51. The van der Waals surface area contributed by atoms with Crippen LogP contribution in [0.25, 0.3) is 0 Å². The van der Waals surface area contributed by atoms with E-state index >= 15 is 0 Å². The Balaban J connectivity index is 1.25. The molecule has 0 aliphatic carbocycles. The highest BCUT2D eigenvalue weighted by Crippen LogP contribution is 2.25. The minimum absolute atomic E-state index is 0.467. The van der Waals surface area contributed by atoms with Crippen LogP contribution in [0.15, 0.2) is 36.7 Å². The summed E-state index contributed by atoms with van der Waals surface area (Å²) >= 11 is 0. The normalized spacial score (nSPS) is 24.2. The van der Waals surface area contributed by atoms with Crippen molar-refractivity contribution in [3.63, 3.8) is 0 Å². The van der Waals surface area contributed by atoms with Crippen LogP contribution in [0.3, 0.4) is 0 Å². The van der Waals surface area contributed by atoms with Gasteiger partial charge in [0.1, 0.15) is 18.2 Å². The topological polar surface area (TPSA) is 57.0 Å². The quantitative estimate of drug-likeness (QED) is 0.755. The Labute approximate surface area is 173 Å². The molecular weight excluding hydrogens is 366 g/mol. The lowest BCUT2D eigenvalue weighted by atomic mass is 10.0. The zero-order valence-corrected chi connectivity index (χ0v) is 17.6. The number of hydrogen-bond acceptors (Lipinski definition) is 6. The summed E-state index contributed by atoms with van der Waals surface area (Å²) in [5, 5.41) is 11.1. The molecule has 29 heavy (non-hydrogen) atoms. The SMILES string of the molecule is CN1CCN(CC2(O)CCN(Cc3ccc(OCc4nccn4C)cc3)C2)CC1. The van der Waals surface area contributed by atoms with Gasteiger partial charge in [0, 0.05) is 71.8 Å². The highest BCUT2D eigenvalue weighted by molar-refractivity contribution is 5.27. The van der Waals surface area contributed by atoms with Crippen LogP contribution in [-0.2, 0) is 20.2 Å². The Kier molecular flexibility index (Phi) is 6.20. The molecule has 2 fully saturated rings. The first kappa shape index (κ1) is 20.3. The second kappa shape index (κ2) is 8.83. The van der Waals surface area contributed by atoms with Crippen molar-refractivity contribution >= 4 is 0 Å². The number of hydrogen-bond donors (Lipinski definition) is 1. The summed E-state index contributed by atoms with van der Waals surface area (Å²) in [6.07, 6.45) is 4.55. The Hall–Kier alpha value is -1.93. The third-order valence-corrected chi connectivity index (χ3v) is 6.14. The fourth-order valence-electron chi connectivity index (χ4n) is 4.26. The molecule has 4 rings (SSSR count). The molecule has 0 radical (unpaired) electrons. The highest BCUT2D eigenvalue weighted by Gasteiger charge is 2.37. The van der Waals surface area contributed by atoms with Crippen molar-refractivity contribution in [1.82, 2.24) is 24.3 Å². The third-order valence-electron chi connectivity index (χ3n) is 6.14. The number of likely N-dealkylation sites (N-methyl/N-ethyl adjacent to an activating group) is 1. The summed E-state index contributed by atoms with van der Waals surface area (Å²) in [6, 6.07) is 8.27. The van der Waals surface area contributed by atoms with E-state index in [4.69, 9.17) is 4.74 Å². The zero-order valence-electron chi connectivity index (χ0n) is 17.6. The lowest BCUT2D eigenvalue weighted by Gasteiger charge is -2.36. The minimum atomic E-state index is -0.582. The predicted octanol–water partition coefficient (Wildman–Crippen LogP) is 1.18. The average molecular weight is 400 g/mol. The molecule has 0 bridgehead atoms. The molecule has 0 spiro atoms. The molecule has 1 N–H and O–H groups in total. The molecule has 3 heterocycles. The van der Waals surface area contributed by atoms with Gasteiger partial charge in [0.15, 0.2) is 0 Å². The van der Waals surface area contributed by atoms with Crippen LogP contribution >= 0.6 is 0 Å². The van der Waals surface area contributed by atoms with Gasteiger partial charge in [-0.2, -0.15) is 0 Å².